The number of hydrogen-bond acceptors (Lipinski definition) is 3. The van der Waals surface area contributed by atoms with E-state index >= 15 is 0 Å². The van der Waals surface area contributed by atoms with Gasteiger partial charge in [-0.2, -0.15) is 0 Å². The van der Waals surface area contributed by atoms with Crippen molar-refractivity contribution in [3.8, 4) is 0 Å². The Hall–Kier alpha value is -0.910. The maximum absolute atomic E-state index is 10.3. The van der Waals surface area contributed by atoms with Gasteiger partial charge in [-0.1, -0.05) is 15.9 Å². The Balaban J connectivity index is 2.92. The standard InChI is InChI=1S/C6H8BrN3O2/c1-5-8-6(10(11)12)4-9(5)3-2-7/h4H,2-3H2,1H3. The molecule has 0 aromatic carbocycles. The topological polar surface area (TPSA) is 61.0 Å². The van der Waals surface area contributed by atoms with Crippen molar-refractivity contribution in [2.45, 2.75) is 13.5 Å². The van der Waals surface area contributed by atoms with Crippen LogP contribution in [0.1, 0.15) is 5.82 Å². The van der Waals surface area contributed by atoms with Gasteiger partial charge in [-0.15, -0.1) is 0 Å². The van der Waals surface area contributed by atoms with Crippen molar-refractivity contribution >= 4 is 21.7 Å². The lowest BCUT2D eigenvalue weighted by Crippen LogP contribution is -1.99. The molecule has 0 fully saturated rings. The predicted octanol–water partition coefficient (Wildman–Crippen LogP) is 1.49. The smallest absolute Gasteiger partial charge is 0.358 e. The summed E-state index contributed by atoms with van der Waals surface area (Å²) in [6.45, 7) is 2.45. The molecule has 0 amide bonds. The number of hydrogen-bond donors (Lipinski definition) is 0. The van der Waals surface area contributed by atoms with Gasteiger partial charge in [-0.3, -0.25) is 0 Å². The maximum Gasteiger partial charge on any atom is 0.381 e. The Morgan fingerprint density at radius 2 is 2.50 bits per heavy atom. The first-order valence-electron chi connectivity index (χ1n) is 3.39. The first kappa shape index (κ1) is 9.18. The van der Waals surface area contributed by atoms with Crippen LogP contribution < -0.4 is 0 Å². The molecule has 12 heavy (non-hydrogen) atoms. The van der Waals surface area contributed by atoms with Crippen molar-refractivity contribution in [3.63, 3.8) is 0 Å². The molecular formula is C6H8BrN3O2. The van der Waals surface area contributed by atoms with Crippen molar-refractivity contribution in [1.29, 1.82) is 0 Å². The number of rotatable bonds is 3. The van der Waals surface area contributed by atoms with Crippen LogP contribution in [0, 0.1) is 17.0 Å². The lowest BCUT2D eigenvalue weighted by atomic mass is 10.6. The van der Waals surface area contributed by atoms with E-state index in [0.717, 1.165) is 5.33 Å². The Labute approximate surface area is 77.7 Å². The fourth-order valence-electron chi connectivity index (χ4n) is 0.897. The molecule has 0 aliphatic rings. The fourth-order valence-corrected chi connectivity index (χ4v) is 1.28. The number of nitrogens with zero attached hydrogens (tertiary/aromatic N) is 3. The van der Waals surface area contributed by atoms with Crippen LogP contribution in [0.15, 0.2) is 6.20 Å². The third-order valence-corrected chi connectivity index (χ3v) is 1.83. The van der Waals surface area contributed by atoms with Gasteiger partial charge in [0, 0.05) is 18.8 Å². The van der Waals surface area contributed by atoms with Crippen molar-refractivity contribution in [2.24, 2.45) is 0 Å². The van der Waals surface area contributed by atoms with Gasteiger partial charge in [0.1, 0.15) is 6.20 Å². The molecule has 0 saturated heterocycles. The zero-order valence-electron chi connectivity index (χ0n) is 6.53. The number of halogens is 1. The van der Waals surface area contributed by atoms with Gasteiger partial charge in [0.2, 0.25) is 5.82 Å². The minimum Gasteiger partial charge on any atom is -0.358 e. The summed E-state index contributed by atoms with van der Waals surface area (Å²) in [6, 6.07) is 0. The monoisotopic (exact) mass is 233 g/mol. The fraction of sp³-hybridized carbons (Fsp3) is 0.500. The van der Waals surface area contributed by atoms with Crippen LogP contribution in [0.25, 0.3) is 0 Å². The Morgan fingerprint density at radius 1 is 1.83 bits per heavy atom. The van der Waals surface area contributed by atoms with Crippen LogP contribution in [0.3, 0.4) is 0 Å². The van der Waals surface area contributed by atoms with E-state index in [1.165, 1.54) is 6.20 Å². The second kappa shape index (κ2) is 3.66. The van der Waals surface area contributed by atoms with Gasteiger partial charge >= 0.3 is 5.82 Å². The second-order valence-corrected chi connectivity index (χ2v) is 3.08. The van der Waals surface area contributed by atoms with Gasteiger partial charge in [0.25, 0.3) is 0 Å². The molecule has 5 nitrogen and oxygen atoms in total. The summed E-state index contributed by atoms with van der Waals surface area (Å²) in [4.78, 5) is 13.6. The van der Waals surface area contributed by atoms with E-state index in [-0.39, 0.29) is 5.82 Å². The van der Waals surface area contributed by atoms with Gasteiger partial charge < -0.3 is 14.7 Å². The summed E-state index contributed by atoms with van der Waals surface area (Å²) in [5.74, 6) is 0.578. The summed E-state index contributed by atoms with van der Waals surface area (Å²) in [5, 5.41) is 11.1. The molecule has 66 valence electrons. The molecule has 0 aliphatic carbocycles. The Bertz CT molecular complexity index is 297. The maximum atomic E-state index is 10.3. The molecule has 0 spiro atoms. The first-order chi connectivity index (χ1) is 5.65. The van der Waals surface area contributed by atoms with Crippen molar-refractivity contribution < 1.29 is 4.92 Å². The minimum absolute atomic E-state index is 0.0894. The molecule has 1 rings (SSSR count). The van der Waals surface area contributed by atoms with Crippen molar-refractivity contribution in [2.75, 3.05) is 5.33 Å². The molecule has 0 saturated carbocycles. The van der Waals surface area contributed by atoms with Gasteiger partial charge in [-0.05, 0) is 9.91 Å². The van der Waals surface area contributed by atoms with Crippen LogP contribution in [0.2, 0.25) is 0 Å². The van der Waals surface area contributed by atoms with E-state index in [2.05, 4.69) is 20.9 Å². The third-order valence-electron chi connectivity index (χ3n) is 1.48. The second-order valence-electron chi connectivity index (χ2n) is 2.29. The molecule has 0 aliphatic heterocycles. The van der Waals surface area contributed by atoms with E-state index in [9.17, 15) is 10.1 Å². The van der Waals surface area contributed by atoms with E-state index in [0.29, 0.717) is 12.4 Å². The van der Waals surface area contributed by atoms with Crippen molar-refractivity contribution in [3.05, 3.63) is 22.1 Å². The van der Waals surface area contributed by atoms with Crippen LogP contribution >= 0.6 is 15.9 Å². The van der Waals surface area contributed by atoms with E-state index in [1.54, 1.807) is 11.5 Å². The number of alkyl halides is 1. The van der Waals surface area contributed by atoms with Crippen molar-refractivity contribution in [1.82, 2.24) is 9.55 Å². The van der Waals surface area contributed by atoms with Gasteiger partial charge in [0.15, 0.2) is 0 Å². The average molecular weight is 234 g/mol. The highest BCUT2D eigenvalue weighted by molar-refractivity contribution is 9.09. The van der Waals surface area contributed by atoms with Gasteiger partial charge in [-0.25, -0.2) is 0 Å². The zero-order chi connectivity index (χ0) is 9.14. The SMILES string of the molecule is Cc1nc([N+](=O)[O-])cn1CCBr. The number of nitro groups is 1. The summed E-state index contributed by atoms with van der Waals surface area (Å²) in [6.07, 6.45) is 1.44. The normalized spacial score (nSPS) is 10.2. The molecule has 0 unspecified atom stereocenters. The molecule has 1 aromatic rings. The lowest BCUT2D eigenvalue weighted by molar-refractivity contribution is -0.389. The molecule has 1 heterocycles. The highest BCUT2D eigenvalue weighted by Gasteiger charge is 2.13. The number of aryl methyl sites for hydroxylation is 2. The highest BCUT2D eigenvalue weighted by atomic mass is 79.9. The first-order valence-corrected chi connectivity index (χ1v) is 4.51. The third kappa shape index (κ3) is 1.82. The largest absolute Gasteiger partial charge is 0.381 e. The quantitative estimate of drug-likeness (QED) is 0.452. The predicted molar refractivity (Wildman–Crippen MR) is 47.4 cm³/mol. The summed E-state index contributed by atoms with van der Waals surface area (Å²) >= 11 is 3.25. The van der Waals surface area contributed by atoms with E-state index < -0.39 is 4.92 Å². The molecule has 0 atom stereocenters. The van der Waals surface area contributed by atoms with Crippen LogP contribution in [-0.4, -0.2) is 19.8 Å². The zero-order valence-corrected chi connectivity index (χ0v) is 8.11. The van der Waals surface area contributed by atoms with Gasteiger partial charge in [0.05, 0.1) is 0 Å². The van der Waals surface area contributed by atoms with E-state index in [4.69, 9.17) is 0 Å². The summed E-state index contributed by atoms with van der Waals surface area (Å²) in [5.41, 5.74) is 0. The highest BCUT2D eigenvalue weighted by Crippen LogP contribution is 2.10. The molecular weight excluding hydrogens is 226 g/mol. The molecule has 0 N–H and O–H groups in total. The van der Waals surface area contributed by atoms with Crippen LogP contribution in [-0.2, 0) is 6.54 Å². The minimum atomic E-state index is -0.488. The molecule has 0 radical (unpaired) electrons. The average Bonchev–Trinajstić information content (AvgIpc) is 2.34. The molecule has 6 heteroatoms. The van der Waals surface area contributed by atoms with Crippen LogP contribution in [0.5, 0.6) is 0 Å². The molecule has 1 aromatic heterocycles. The lowest BCUT2D eigenvalue weighted by Gasteiger charge is -1.94. The number of aromatic nitrogens is 2. The molecule has 0 bridgehead atoms. The Morgan fingerprint density at radius 3 is 2.92 bits per heavy atom. The summed E-state index contributed by atoms with van der Waals surface area (Å²) in [7, 11) is 0. The number of imidazole rings is 1. The Kier molecular flexibility index (Phi) is 2.80. The van der Waals surface area contributed by atoms with Crippen LogP contribution in [0.4, 0.5) is 5.82 Å². The summed E-state index contributed by atoms with van der Waals surface area (Å²) < 4.78 is 1.74. The van der Waals surface area contributed by atoms with E-state index in [1.807, 2.05) is 0 Å².